The second-order valence-corrected chi connectivity index (χ2v) is 5.57. The van der Waals surface area contributed by atoms with Crippen molar-refractivity contribution in [3.8, 4) is 17.7 Å². The van der Waals surface area contributed by atoms with Crippen molar-refractivity contribution in [3.63, 3.8) is 0 Å². The monoisotopic (exact) mass is 291 g/mol. The summed E-state index contributed by atoms with van der Waals surface area (Å²) < 4.78 is 19.9. The van der Waals surface area contributed by atoms with E-state index in [1.54, 1.807) is 6.92 Å². The van der Waals surface area contributed by atoms with E-state index in [9.17, 15) is 4.39 Å². The Kier molecular flexibility index (Phi) is 5.38. The summed E-state index contributed by atoms with van der Waals surface area (Å²) in [7, 11) is 0. The second-order valence-electron chi connectivity index (χ2n) is 5.57. The van der Waals surface area contributed by atoms with E-state index < -0.39 is 5.82 Å². The van der Waals surface area contributed by atoms with Crippen molar-refractivity contribution in [2.75, 3.05) is 18.1 Å². The maximum atomic E-state index is 14.6. The molecule has 1 aromatic rings. The molecule has 0 radical (unpaired) electrons. The zero-order chi connectivity index (χ0) is 15.2. The average molecular weight is 291 g/mol. The number of ether oxygens (including phenoxy) is 1. The van der Waals surface area contributed by atoms with Crippen molar-refractivity contribution in [3.05, 3.63) is 12.1 Å². The van der Waals surface area contributed by atoms with Crippen LogP contribution in [0.25, 0.3) is 0 Å². The summed E-state index contributed by atoms with van der Waals surface area (Å²) in [5, 5.41) is 0. The molecule has 0 aromatic carbocycles. The molecule has 114 valence electrons. The first kappa shape index (κ1) is 15.6. The van der Waals surface area contributed by atoms with Gasteiger partial charge in [-0.15, -0.1) is 5.92 Å². The lowest BCUT2D eigenvalue weighted by Crippen LogP contribution is -2.36. The molecule has 2 heterocycles. The molecule has 0 saturated carbocycles. The molecule has 21 heavy (non-hydrogen) atoms. The van der Waals surface area contributed by atoms with Crippen molar-refractivity contribution < 1.29 is 9.13 Å². The zero-order valence-corrected chi connectivity index (χ0v) is 12.9. The predicted octanol–water partition coefficient (Wildman–Crippen LogP) is 3.03. The molecule has 0 N–H and O–H groups in total. The summed E-state index contributed by atoms with van der Waals surface area (Å²) in [6.07, 6.45) is 4.74. The first-order chi connectivity index (χ1) is 10.1. The van der Waals surface area contributed by atoms with Gasteiger partial charge in [0.15, 0.2) is 12.4 Å². The van der Waals surface area contributed by atoms with Crippen LogP contribution >= 0.6 is 0 Å². The van der Waals surface area contributed by atoms with Gasteiger partial charge in [-0.3, -0.25) is 0 Å². The van der Waals surface area contributed by atoms with Crippen LogP contribution < -0.4 is 9.64 Å². The number of anilines is 1. The Bertz CT molecular complexity index is 538. The Morgan fingerprint density at radius 1 is 1.38 bits per heavy atom. The molecule has 5 heteroatoms. The highest BCUT2D eigenvalue weighted by Gasteiger charge is 2.26. The fraction of sp³-hybridized carbons (Fsp3) is 0.625. The predicted molar refractivity (Wildman–Crippen MR) is 80.8 cm³/mol. The van der Waals surface area contributed by atoms with Crippen LogP contribution in [0.2, 0.25) is 0 Å². The van der Waals surface area contributed by atoms with Gasteiger partial charge in [-0.25, -0.2) is 4.98 Å². The molecule has 0 bridgehead atoms. The molecule has 0 aliphatic carbocycles. The molecule has 1 saturated heterocycles. The van der Waals surface area contributed by atoms with E-state index >= 15 is 0 Å². The molecule has 4 nitrogen and oxygen atoms in total. The summed E-state index contributed by atoms with van der Waals surface area (Å²) in [4.78, 5) is 10.0. The second kappa shape index (κ2) is 7.26. The molecule has 1 aliphatic rings. The molecule has 0 spiro atoms. The SMILES string of the molecule is CC#CCOc1ncnc(N2C[C@@H](C)CCC[C@@H]2C)c1F. The fourth-order valence-corrected chi connectivity index (χ4v) is 2.64. The van der Waals surface area contributed by atoms with Gasteiger partial charge in [0.05, 0.1) is 0 Å². The average Bonchev–Trinajstić information content (AvgIpc) is 2.62. The van der Waals surface area contributed by atoms with Crippen LogP contribution in [0.1, 0.15) is 40.0 Å². The van der Waals surface area contributed by atoms with Crippen LogP contribution in [0.3, 0.4) is 0 Å². The minimum absolute atomic E-state index is 0.0214. The maximum Gasteiger partial charge on any atom is 0.256 e. The van der Waals surface area contributed by atoms with Gasteiger partial charge < -0.3 is 9.64 Å². The Morgan fingerprint density at radius 3 is 2.95 bits per heavy atom. The van der Waals surface area contributed by atoms with Crippen LogP contribution in [-0.2, 0) is 0 Å². The smallest absolute Gasteiger partial charge is 0.256 e. The van der Waals surface area contributed by atoms with Crippen LogP contribution in [0.4, 0.5) is 10.2 Å². The summed E-state index contributed by atoms with van der Waals surface area (Å²) in [6, 6.07) is 0.266. The van der Waals surface area contributed by atoms with E-state index in [1.807, 2.05) is 4.90 Å². The lowest BCUT2D eigenvalue weighted by atomic mass is 10.1. The molecule has 0 amide bonds. The number of halogens is 1. The molecule has 1 aromatic heterocycles. The third kappa shape index (κ3) is 3.84. The summed E-state index contributed by atoms with van der Waals surface area (Å²) in [5.74, 6) is 5.80. The number of nitrogens with zero attached hydrogens (tertiary/aromatic N) is 3. The Morgan fingerprint density at radius 2 is 2.19 bits per heavy atom. The minimum Gasteiger partial charge on any atom is -0.462 e. The van der Waals surface area contributed by atoms with Crippen molar-refractivity contribution in [1.82, 2.24) is 9.97 Å². The molecule has 1 fully saturated rings. The highest BCUT2D eigenvalue weighted by molar-refractivity contribution is 5.44. The van der Waals surface area contributed by atoms with Crippen molar-refractivity contribution >= 4 is 5.82 Å². The Hall–Kier alpha value is -1.83. The van der Waals surface area contributed by atoms with Crippen molar-refractivity contribution in [1.29, 1.82) is 0 Å². The zero-order valence-electron chi connectivity index (χ0n) is 12.9. The standard InChI is InChI=1S/C16H22FN3O/c1-4-5-9-21-16-14(17)15(18-11-19-16)20-10-12(2)7-6-8-13(20)3/h11-13H,6-10H2,1-3H3/t12-,13-/m0/s1. The molecule has 2 atom stereocenters. The molecule has 2 rings (SSSR count). The number of hydrogen-bond donors (Lipinski definition) is 0. The normalized spacial score (nSPS) is 22.2. The highest BCUT2D eigenvalue weighted by Crippen LogP contribution is 2.29. The van der Waals surface area contributed by atoms with Crippen LogP contribution in [0.15, 0.2) is 6.33 Å². The lowest BCUT2D eigenvalue weighted by molar-refractivity contribution is 0.330. The molecule has 1 aliphatic heterocycles. The minimum atomic E-state index is -0.489. The highest BCUT2D eigenvalue weighted by atomic mass is 19.1. The van der Waals surface area contributed by atoms with Gasteiger partial charge in [0.1, 0.15) is 6.33 Å². The molecular formula is C16H22FN3O. The maximum absolute atomic E-state index is 14.6. The van der Waals surface area contributed by atoms with E-state index in [-0.39, 0.29) is 18.5 Å². The third-order valence-corrected chi connectivity index (χ3v) is 3.83. The van der Waals surface area contributed by atoms with Gasteiger partial charge in [-0.1, -0.05) is 19.3 Å². The van der Waals surface area contributed by atoms with Crippen LogP contribution in [-0.4, -0.2) is 29.2 Å². The molecule has 0 unspecified atom stereocenters. The number of hydrogen-bond acceptors (Lipinski definition) is 4. The summed E-state index contributed by atoms with van der Waals surface area (Å²) in [5.41, 5.74) is 0. The van der Waals surface area contributed by atoms with Gasteiger partial charge >= 0.3 is 0 Å². The fourth-order valence-electron chi connectivity index (χ4n) is 2.64. The van der Waals surface area contributed by atoms with Gasteiger partial charge in [-0.2, -0.15) is 9.37 Å². The quantitative estimate of drug-likeness (QED) is 0.802. The van der Waals surface area contributed by atoms with E-state index in [0.29, 0.717) is 11.7 Å². The van der Waals surface area contributed by atoms with E-state index in [0.717, 1.165) is 13.0 Å². The topological polar surface area (TPSA) is 38.3 Å². The van der Waals surface area contributed by atoms with Gasteiger partial charge in [0.2, 0.25) is 5.82 Å². The van der Waals surface area contributed by atoms with Gasteiger partial charge in [0.25, 0.3) is 5.88 Å². The van der Waals surface area contributed by atoms with Gasteiger partial charge in [-0.05, 0) is 32.6 Å². The van der Waals surface area contributed by atoms with E-state index in [4.69, 9.17) is 4.74 Å². The summed E-state index contributed by atoms with van der Waals surface area (Å²) in [6.45, 7) is 6.96. The van der Waals surface area contributed by atoms with Gasteiger partial charge in [0, 0.05) is 12.6 Å². The van der Waals surface area contributed by atoms with E-state index in [1.165, 1.54) is 19.2 Å². The first-order valence-electron chi connectivity index (χ1n) is 7.43. The summed E-state index contributed by atoms with van der Waals surface area (Å²) >= 11 is 0. The Balaban J connectivity index is 2.24. The van der Waals surface area contributed by atoms with Crippen LogP contribution in [0.5, 0.6) is 5.88 Å². The van der Waals surface area contributed by atoms with Crippen molar-refractivity contribution in [2.45, 2.75) is 46.1 Å². The lowest BCUT2D eigenvalue weighted by Gasteiger charge is -2.30. The number of aromatic nitrogens is 2. The largest absolute Gasteiger partial charge is 0.462 e. The van der Waals surface area contributed by atoms with E-state index in [2.05, 4.69) is 35.7 Å². The van der Waals surface area contributed by atoms with Crippen molar-refractivity contribution in [2.24, 2.45) is 5.92 Å². The molecular weight excluding hydrogens is 269 g/mol. The van der Waals surface area contributed by atoms with Crippen LogP contribution in [0, 0.1) is 23.6 Å². The number of rotatable bonds is 3. The first-order valence-corrected chi connectivity index (χ1v) is 7.43. The third-order valence-electron chi connectivity index (χ3n) is 3.83. The Labute approximate surface area is 125 Å².